The first-order valence-corrected chi connectivity index (χ1v) is 15.4. The minimum Gasteiger partial charge on any atom is -0.495 e. The number of hydrogen-bond acceptors (Lipinski definition) is 11. The standard InChI is InChI=1S/C31H45N9O2/c1-4-25-31(36-21-9-13-42-14-10-21)38-28-24(17-34-30(32)29(28)37-25)20-5-6-26(27(15-20)41-3)35-22-16-33-19-40(18-22)23-7-11-39(2)12-8-23/h5-6,15,17,21-23,33,35H,4,7-14,16,18-19H2,1-3H3,(H2,32,34)(H,36,38). The molecule has 2 aromatic heterocycles. The lowest BCUT2D eigenvalue weighted by molar-refractivity contribution is 0.0903. The van der Waals surface area contributed by atoms with Crippen LogP contribution >= 0.6 is 0 Å². The molecule has 42 heavy (non-hydrogen) atoms. The van der Waals surface area contributed by atoms with E-state index in [1.165, 1.54) is 25.9 Å². The molecule has 6 rings (SSSR count). The molecule has 0 amide bonds. The van der Waals surface area contributed by atoms with E-state index in [1.807, 2.05) is 0 Å². The van der Waals surface area contributed by atoms with E-state index in [0.717, 1.165) is 91.8 Å². The average Bonchev–Trinajstić information content (AvgIpc) is 3.02. The highest BCUT2D eigenvalue weighted by atomic mass is 16.5. The molecule has 3 aliphatic heterocycles. The fourth-order valence-corrected chi connectivity index (χ4v) is 6.43. The molecule has 0 aliphatic carbocycles. The lowest BCUT2D eigenvalue weighted by Crippen LogP contribution is -2.57. The lowest BCUT2D eigenvalue weighted by atomic mass is 10.0. The van der Waals surface area contributed by atoms with Crippen LogP contribution in [0.2, 0.25) is 0 Å². The van der Waals surface area contributed by atoms with Crippen molar-refractivity contribution in [2.24, 2.45) is 0 Å². The van der Waals surface area contributed by atoms with Crippen LogP contribution in [-0.2, 0) is 11.2 Å². The van der Waals surface area contributed by atoms with Crippen LogP contribution in [0.3, 0.4) is 0 Å². The van der Waals surface area contributed by atoms with Crippen LogP contribution in [0.4, 0.5) is 17.3 Å². The van der Waals surface area contributed by atoms with Gasteiger partial charge in [0, 0.05) is 56.8 Å². The summed E-state index contributed by atoms with van der Waals surface area (Å²) in [6, 6.07) is 7.49. The van der Waals surface area contributed by atoms with Gasteiger partial charge in [-0.15, -0.1) is 0 Å². The highest BCUT2D eigenvalue weighted by molar-refractivity contribution is 5.97. The van der Waals surface area contributed by atoms with Crippen molar-refractivity contribution in [1.82, 2.24) is 30.1 Å². The van der Waals surface area contributed by atoms with Crippen LogP contribution in [0.15, 0.2) is 24.4 Å². The fraction of sp³-hybridized carbons (Fsp3) is 0.581. The summed E-state index contributed by atoms with van der Waals surface area (Å²) in [6.07, 6.45) is 6.89. The second-order valence-corrected chi connectivity index (χ2v) is 11.8. The molecule has 226 valence electrons. The maximum Gasteiger partial charge on any atom is 0.151 e. The van der Waals surface area contributed by atoms with Gasteiger partial charge in [-0.2, -0.15) is 0 Å². The van der Waals surface area contributed by atoms with Crippen LogP contribution in [0, 0.1) is 0 Å². The first-order valence-electron chi connectivity index (χ1n) is 15.4. The third-order valence-corrected chi connectivity index (χ3v) is 8.93. The number of aromatic nitrogens is 3. The van der Waals surface area contributed by atoms with Crippen LogP contribution in [0.5, 0.6) is 5.75 Å². The molecule has 0 bridgehead atoms. The second-order valence-electron chi connectivity index (χ2n) is 11.8. The maximum absolute atomic E-state index is 6.32. The molecular weight excluding hydrogens is 530 g/mol. The molecule has 1 unspecified atom stereocenters. The van der Waals surface area contributed by atoms with E-state index in [-0.39, 0.29) is 6.04 Å². The highest BCUT2D eigenvalue weighted by Crippen LogP contribution is 2.36. The van der Waals surface area contributed by atoms with Gasteiger partial charge < -0.3 is 36.1 Å². The first-order chi connectivity index (χ1) is 20.5. The fourth-order valence-electron chi connectivity index (χ4n) is 6.43. The van der Waals surface area contributed by atoms with Gasteiger partial charge in [0.15, 0.2) is 5.82 Å². The number of fused-ring (bicyclic) bond motifs is 1. The van der Waals surface area contributed by atoms with Gasteiger partial charge in [0.25, 0.3) is 0 Å². The van der Waals surface area contributed by atoms with Crippen molar-refractivity contribution in [2.75, 3.05) is 76.6 Å². The molecule has 3 aromatic rings. The number of aryl methyl sites for hydroxylation is 1. The summed E-state index contributed by atoms with van der Waals surface area (Å²) in [6.45, 7) is 8.82. The number of ether oxygens (including phenoxy) is 2. The Hall–Kier alpha value is -3.25. The normalized spacial score (nSPS) is 21.5. The number of hydrogen-bond donors (Lipinski definition) is 4. The van der Waals surface area contributed by atoms with Gasteiger partial charge in [0.05, 0.1) is 24.5 Å². The largest absolute Gasteiger partial charge is 0.495 e. The Bertz CT molecular complexity index is 1370. The number of nitrogen functional groups attached to an aromatic ring is 1. The number of nitrogens with zero attached hydrogens (tertiary/aromatic N) is 5. The van der Waals surface area contributed by atoms with Gasteiger partial charge in [-0.1, -0.05) is 13.0 Å². The number of piperidine rings is 1. The zero-order valence-corrected chi connectivity index (χ0v) is 25.2. The molecule has 0 saturated carbocycles. The summed E-state index contributed by atoms with van der Waals surface area (Å²) >= 11 is 0. The Labute approximate surface area is 248 Å². The predicted octanol–water partition coefficient (Wildman–Crippen LogP) is 3.17. The molecule has 0 spiro atoms. The van der Waals surface area contributed by atoms with Crippen LogP contribution in [0.1, 0.15) is 38.3 Å². The van der Waals surface area contributed by atoms with E-state index in [2.05, 4.69) is 62.9 Å². The topological polar surface area (TPSA) is 126 Å². The highest BCUT2D eigenvalue weighted by Gasteiger charge is 2.28. The third kappa shape index (κ3) is 6.24. The molecule has 5 heterocycles. The Balaban J connectivity index is 1.25. The molecule has 3 saturated heterocycles. The summed E-state index contributed by atoms with van der Waals surface area (Å²) in [5.74, 6) is 1.98. The van der Waals surface area contributed by atoms with Gasteiger partial charge in [-0.25, -0.2) is 15.0 Å². The number of anilines is 3. The summed E-state index contributed by atoms with van der Waals surface area (Å²) in [7, 11) is 3.93. The van der Waals surface area contributed by atoms with Crippen molar-refractivity contribution >= 4 is 28.4 Å². The Morgan fingerprint density at radius 2 is 1.88 bits per heavy atom. The van der Waals surface area contributed by atoms with Crippen molar-refractivity contribution in [1.29, 1.82) is 0 Å². The number of pyridine rings is 1. The van der Waals surface area contributed by atoms with Crippen molar-refractivity contribution in [3.8, 4) is 16.9 Å². The Morgan fingerprint density at radius 1 is 1.07 bits per heavy atom. The number of nitrogens with two attached hydrogens (primary N) is 1. The molecule has 3 aliphatic rings. The van der Waals surface area contributed by atoms with E-state index in [1.54, 1.807) is 13.3 Å². The summed E-state index contributed by atoms with van der Waals surface area (Å²) in [4.78, 5) is 19.5. The molecule has 3 fully saturated rings. The molecular formula is C31H45N9O2. The number of rotatable bonds is 8. The van der Waals surface area contributed by atoms with E-state index < -0.39 is 0 Å². The smallest absolute Gasteiger partial charge is 0.151 e. The van der Waals surface area contributed by atoms with Crippen LogP contribution in [-0.4, -0.2) is 103 Å². The van der Waals surface area contributed by atoms with E-state index in [0.29, 0.717) is 23.4 Å². The predicted molar refractivity (Wildman–Crippen MR) is 168 cm³/mol. The van der Waals surface area contributed by atoms with Gasteiger partial charge in [0.1, 0.15) is 22.6 Å². The summed E-state index contributed by atoms with van der Waals surface area (Å²) in [5.41, 5.74) is 11.4. The van der Waals surface area contributed by atoms with Gasteiger partial charge in [0.2, 0.25) is 0 Å². The number of benzene rings is 1. The molecule has 11 nitrogen and oxygen atoms in total. The Kier molecular flexibility index (Phi) is 8.89. The van der Waals surface area contributed by atoms with Crippen molar-refractivity contribution in [3.63, 3.8) is 0 Å². The zero-order chi connectivity index (χ0) is 29.1. The third-order valence-electron chi connectivity index (χ3n) is 8.93. The average molecular weight is 576 g/mol. The van der Waals surface area contributed by atoms with Gasteiger partial charge in [-0.3, -0.25) is 4.90 Å². The minimum atomic E-state index is 0.286. The molecule has 1 aromatic carbocycles. The molecule has 5 N–H and O–H groups in total. The molecule has 1 atom stereocenters. The minimum absolute atomic E-state index is 0.286. The zero-order valence-electron chi connectivity index (χ0n) is 25.2. The van der Waals surface area contributed by atoms with Crippen LogP contribution < -0.4 is 26.4 Å². The number of methoxy groups -OCH3 is 1. The number of likely N-dealkylation sites (tertiary alicyclic amines) is 1. The number of nitrogens with one attached hydrogen (secondary N) is 3. The van der Waals surface area contributed by atoms with Gasteiger partial charge in [-0.05, 0) is 69.9 Å². The monoisotopic (exact) mass is 575 g/mol. The maximum atomic E-state index is 6.32. The second kappa shape index (κ2) is 12.9. The quantitative estimate of drug-likeness (QED) is 0.316. The van der Waals surface area contributed by atoms with Crippen molar-refractivity contribution < 1.29 is 9.47 Å². The summed E-state index contributed by atoms with van der Waals surface area (Å²) < 4.78 is 11.4. The van der Waals surface area contributed by atoms with E-state index in [4.69, 9.17) is 25.2 Å². The molecule has 11 heteroatoms. The SMILES string of the molecule is CCc1nc2c(N)ncc(-c3ccc(NC4CNCN(C5CCN(C)CC5)C4)c(OC)c3)c2nc1NC1CCOCC1. The molecule has 0 radical (unpaired) electrons. The van der Waals surface area contributed by atoms with Gasteiger partial charge >= 0.3 is 0 Å². The van der Waals surface area contributed by atoms with Crippen LogP contribution in [0.25, 0.3) is 22.2 Å². The lowest BCUT2D eigenvalue weighted by Gasteiger charge is -2.42. The van der Waals surface area contributed by atoms with Crippen molar-refractivity contribution in [3.05, 3.63) is 30.1 Å². The Morgan fingerprint density at radius 3 is 2.64 bits per heavy atom. The van der Waals surface area contributed by atoms with E-state index in [9.17, 15) is 0 Å². The summed E-state index contributed by atoms with van der Waals surface area (Å²) in [5, 5.41) is 11.0. The first kappa shape index (κ1) is 28.9. The van der Waals surface area contributed by atoms with E-state index >= 15 is 0 Å². The van der Waals surface area contributed by atoms with Crippen molar-refractivity contribution in [2.45, 2.75) is 57.2 Å².